The van der Waals surface area contributed by atoms with E-state index in [1.54, 1.807) is 0 Å². The van der Waals surface area contributed by atoms with Gasteiger partial charge >= 0.3 is 0 Å². The molecule has 2 aromatic carbocycles. The smallest absolute Gasteiger partial charge is 0.129 e. The van der Waals surface area contributed by atoms with Crippen LogP contribution in [-0.4, -0.2) is 22.7 Å². The Bertz CT molecular complexity index is 1050. The molecule has 2 aliphatic heterocycles. The largest absolute Gasteiger partial charge is 0.457 e. The van der Waals surface area contributed by atoms with Crippen molar-refractivity contribution in [3.63, 3.8) is 0 Å². The van der Waals surface area contributed by atoms with Gasteiger partial charge in [0.15, 0.2) is 0 Å². The van der Waals surface area contributed by atoms with Crippen molar-refractivity contribution in [2.75, 3.05) is 6.54 Å². The molecule has 0 saturated carbocycles. The standard InChI is InChI=1S/C26H26N2O/c1-19-8-6-7-9-21(19)18-28-15-13-24-20(2)17-27-25-16-23(12-14-26(24,25)28)29-22-10-4-3-5-11-22/h3-12,14,16-17,24H,13,15,18H2,1-2H3. The highest BCUT2D eigenvalue weighted by molar-refractivity contribution is 6.07. The fourth-order valence-electron chi connectivity index (χ4n) is 4.93. The van der Waals surface area contributed by atoms with Crippen molar-refractivity contribution < 1.29 is 4.74 Å². The van der Waals surface area contributed by atoms with Crippen LogP contribution in [-0.2, 0) is 6.54 Å². The highest BCUT2D eigenvalue weighted by Crippen LogP contribution is 2.46. The minimum absolute atomic E-state index is 0.176. The molecule has 3 nitrogen and oxygen atoms in total. The molecule has 29 heavy (non-hydrogen) atoms. The maximum absolute atomic E-state index is 6.10. The monoisotopic (exact) mass is 382 g/mol. The van der Waals surface area contributed by atoms with Crippen molar-refractivity contribution in [1.82, 2.24) is 4.90 Å². The van der Waals surface area contributed by atoms with Crippen molar-refractivity contribution in [2.45, 2.75) is 32.4 Å². The van der Waals surface area contributed by atoms with Gasteiger partial charge in [0.1, 0.15) is 11.5 Å². The number of aryl methyl sites for hydroxylation is 1. The molecule has 146 valence electrons. The van der Waals surface area contributed by atoms with Gasteiger partial charge in [-0.1, -0.05) is 48.5 Å². The summed E-state index contributed by atoms with van der Waals surface area (Å²) in [5, 5.41) is 0. The zero-order valence-electron chi connectivity index (χ0n) is 17.0. The van der Waals surface area contributed by atoms with Gasteiger partial charge in [-0.15, -0.1) is 0 Å². The number of para-hydroxylation sites is 1. The molecular formula is C26H26N2O. The molecule has 3 heteroatoms. The molecule has 2 aromatic rings. The molecule has 0 aromatic heterocycles. The number of hydrogen-bond acceptors (Lipinski definition) is 3. The van der Waals surface area contributed by atoms with Gasteiger partial charge in [0.05, 0.1) is 11.3 Å². The van der Waals surface area contributed by atoms with Crippen LogP contribution in [0.25, 0.3) is 0 Å². The fourth-order valence-corrected chi connectivity index (χ4v) is 4.93. The molecule has 0 bridgehead atoms. The number of ether oxygens (including phenoxy) is 1. The third-order valence-corrected chi connectivity index (χ3v) is 6.49. The summed E-state index contributed by atoms with van der Waals surface area (Å²) < 4.78 is 6.10. The van der Waals surface area contributed by atoms with Crippen LogP contribution in [0.2, 0.25) is 0 Å². The highest BCUT2D eigenvalue weighted by atomic mass is 16.5. The maximum atomic E-state index is 6.10. The Morgan fingerprint density at radius 1 is 1.07 bits per heavy atom. The van der Waals surface area contributed by atoms with Crippen LogP contribution >= 0.6 is 0 Å². The first-order chi connectivity index (χ1) is 14.2. The summed E-state index contributed by atoms with van der Waals surface area (Å²) in [5.74, 6) is 2.15. The van der Waals surface area contributed by atoms with Crippen molar-refractivity contribution in [1.29, 1.82) is 0 Å². The van der Waals surface area contributed by atoms with E-state index < -0.39 is 0 Å². The summed E-state index contributed by atoms with van der Waals surface area (Å²) in [7, 11) is 0. The second-order valence-electron chi connectivity index (χ2n) is 8.20. The first-order valence-corrected chi connectivity index (χ1v) is 10.4. The van der Waals surface area contributed by atoms with Gasteiger partial charge < -0.3 is 4.74 Å². The van der Waals surface area contributed by atoms with Gasteiger partial charge in [-0.25, -0.2) is 0 Å². The van der Waals surface area contributed by atoms with Crippen LogP contribution < -0.4 is 4.74 Å². The lowest BCUT2D eigenvalue weighted by Gasteiger charge is -2.44. The summed E-state index contributed by atoms with van der Waals surface area (Å²) in [6, 6.07) is 18.6. The Morgan fingerprint density at radius 2 is 1.86 bits per heavy atom. The number of nitrogens with zero attached hydrogens (tertiary/aromatic N) is 2. The van der Waals surface area contributed by atoms with E-state index in [9.17, 15) is 0 Å². The van der Waals surface area contributed by atoms with Gasteiger partial charge in [-0.3, -0.25) is 9.89 Å². The summed E-state index contributed by atoms with van der Waals surface area (Å²) in [6.45, 7) is 6.42. The lowest BCUT2D eigenvalue weighted by atomic mass is 9.73. The summed E-state index contributed by atoms with van der Waals surface area (Å²) >= 11 is 0. The van der Waals surface area contributed by atoms with Crippen LogP contribution in [0.1, 0.15) is 24.5 Å². The molecule has 0 amide bonds. The van der Waals surface area contributed by atoms with Crippen LogP contribution in [0.5, 0.6) is 5.75 Å². The molecular weight excluding hydrogens is 356 g/mol. The number of hydrogen-bond donors (Lipinski definition) is 0. The van der Waals surface area contributed by atoms with E-state index in [2.05, 4.69) is 61.2 Å². The molecule has 3 aliphatic rings. The molecule has 2 unspecified atom stereocenters. The van der Waals surface area contributed by atoms with E-state index >= 15 is 0 Å². The molecule has 0 N–H and O–H groups in total. The Kier molecular flexibility index (Phi) is 4.48. The van der Waals surface area contributed by atoms with Crippen LogP contribution in [0, 0.1) is 12.8 Å². The van der Waals surface area contributed by atoms with Gasteiger partial charge in [-0.2, -0.15) is 0 Å². The lowest BCUT2D eigenvalue weighted by Crippen LogP contribution is -2.54. The molecule has 2 atom stereocenters. The topological polar surface area (TPSA) is 24.8 Å². The first-order valence-electron chi connectivity index (χ1n) is 10.4. The Hall–Kier alpha value is -2.91. The normalized spacial score (nSPS) is 25.6. The minimum atomic E-state index is -0.176. The first kappa shape index (κ1) is 18.1. The number of aliphatic imine (C=N–C) groups is 1. The van der Waals surface area contributed by atoms with E-state index in [4.69, 9.17) is 9.73 Å². The molecule has 1 fully saturated rings. The minimum Gasteiger partial charge on any atom is -0.457 e. The van der Waals surface area contributed by atoms with Crippen molar-refractivity contribution in [3.8, 4) is 5.75 Å². The fraction of sp³-hybridized carbons (Fsp3) is 0.269. The quantitative estimate of drug-likeness (QED) is 0.703. The molecule has 2 heterocycles. The second-order valence-corrected chi connectivity index (χ2v) is 8.20. The van der Waals surface area contributed by atoms with E-state index in [0.29, 0.717) is 5.92 Å². The van der Waals surface area contributed by atoms with Crippen LogP contribution in [0.15, 0.2) is 95.3 Å². The third-order valence-electron chi connectivity index (χ3n) is 6.49. The molecule has 5 rings (SSSR count). The predicted molar refractivity (Wildman–Crippen MR) is 118 cm³/mol. The molecule has 1 aliphatic carbocycles. The predicted octanol–water partition coefficient (Wildman–Crippen LogP) is 5.45. The van der Waals surface area contributed by atoms with Gasteiger partial charge in [0.25, 0.3) is 0 Å². The number of allylic oxidation sites excluding steroid dienone is 1. The molecule has 1 saturated heterocycles. The van der Waals surface area contributed by atoms with E-state index in [-0.39, 0.29) is 5.54 Å². The van der Waals surface area contributed by atoms with Crippen LogP contribution in [0.3, 0.4) is 0 Å². The van der Waals surface area contributed by atoms with E-state index in [0.717, 1.165) is 36.7 Å². The third kappa shape index (κ3) is 3.06. The van der Waals surface area contributed by atoms with Crippen molar-refractivity contribution in [3.05, 3.63) is 101 Å². The summed E-state index contributed by atoms with van der Waals surface area (Å²) in [4.78, 5) is 7.48. The van der Waals surface area contributed by atoms with E-state index in [1.807, 2.05) is 36.5 Å². The maximum Gasteiger partial charge on any atom is 0.129 e. The Morgan fingerprint density at radius 3 is 2.69 bits per heavy atom. The van der Waals surface area contributed by atoms with Gasteiger partial charge in [0.2, 0.25) is 0 Å². The second kappa shape index (κ2) is 7.16. The zero-order valence-corrected chi connectivity index (χ0v) is 17.0. The number of likely N-dealkylation sites (tertiary alicyclic amines) is 1. The molecule has 0 radical (unpaired) electrons. The Labute approximate surface area is 172 Å². The highest BCUT2D eigenvalue weighted by Gasteiger charge is 2.52. The average molecular weight is 383 g/mol. The van der Waals surface area contributed by atoms with Crippen LogP contribution in [0.4, 0.5) is 0 Å². The zero-order chi connectivity index (χ0) is 19.8. The van der Waals surface area contributed by atoms with Gasteiger partial charge in [0, 0.05) is 31.3 Å². The van der Waals surface area contributed by atoms with Gasteiger partial charge in [-0.05, 0) is 55.2 Å². The number of rotatable bonds is 4. The molecule has 1 spiro atoms. The average Bonchev–Trinajstić information content (AvgIpc) is 3.10. The summed E-state index contributed by atoms with van der Waals surface area (Å²) in [5.41, 5.74) is 5.01. The summed E-state index contributed by atoms with van der Waals surface area (Å²) in [6.07, 6.45) is 9.79. The van der Waals surface area contributed by atoms with E-state index in [1.165, 1.54) is 16.7 Å². The lowest BCUT2D eigenvalue weighted by molar-refractivity contribution is 0.214. The Balaban J connectivity index is 1.49. The van der Waals surface area contributed by atoms with Crippen molar-refractivity contribution in [2.24, 2.45) is 10.9 Å². The van der Waals surface area contributed by atoms with Crippen molar-refractivity contribution >= 4 is 5.71 Å². The number of benzene rings is 2. The SMILES string of the molecule is CC1=CN=C2C=C(Oc3ccccc3)C=CC23C1CCN3Cc1ccccc1C.